The molecule has 2 aromatic rings. The van der Waals surface area contributed by atoms with E-state index in [2.05, 4.69) is 15.5 Å². The summed E-state index contributed by atoms with van der Waals surface area (Å²) in [5.41, 5.74) is -1.24. The largest absolute Gasteiger partial charge is 0.505 e. The lowest BCUT2D eigenvalue weighted by molar-refractivity contribution is -0.384. The molecule has 1 saturated heterocycles. The number of nitrogens with one attached hydrogen (secondary N) is 2. The Bertz CT molecular complexity index is 1410. The molecule has 0 saturated carbocycles. The van der Waals surface area contributed by atoms with Gasteiger partial charge in [0.15, 0.2) is 11.4 Å². The van der Waals surface area contributed by atoms with Crippen molar-refractivity contribution in [2.24, 2.45) is 0 Å². The average molecular weight is 632 g/mol. The van der Waals surface area contributed by atoms with Gasteiger partial charge in [-0.3, -0.25) is 25.1 Å². The van der Waals surface area contributed by atoms with E-state index in [1.54, 1.807) is 26.0 Å². The summed E-state index contributed by atoms with van der Waals surface area (Å²) in [5, 5.41) is 39.6. The van der Waals surface area contributed by atoms with E-state index in [0.717, 1.165) is 18.2 Å². The minimum atomic E-state index is -0.809. The minimum absolute atomic E-state index is 0.0269. The van der Waals surface area contributed by atoms with Crippen molar-refractivity contribution in [3.8, 4) is 11.5 Å². The number of ether oxygens (including phenoxy) is 4. The van der Waals surface area contributed by atoms with Gasteiger partial charge in [-0.2, -0.15) is 0 Å². The molecular formula is C29H37N5O11. The normalized spacial score (nSPS) is 14.0. The number of nitro groups is 2. The van der Waals surface area contributed by atoms with Crippen LogP contribution < -0.4 is 15.4 Å². The first kappa shape index (κ1) is 34.5. The SMILES string of the molecule is CCOC(=O)c1cc(O)c(NC/C=C/CNc2c(OCC(C)N3CCOCC3)cc(C(=O)OCC)cc2[N+](=O)[O-])c([N+](=O)[O-])c1. The number of anilines is 2. The van der Waals surface area contributed by atoms with Gasteiger partial charge in [0.1, 0.15) is 18.1 Å². The zero-order valence-corrected chi connectivity index (χ0v) is 25.3. The highest BCUT2D eigenvalue weighted by molar-refractivity contribution is 5.93. The maximum Gasteiger partial charge on any atom is 0.338 e. The van der Waals surface area contributed by atoms with Crippen LogP contribution in [-0.4, -0.2) is 97.0 Å². The lowest BCUT2D eigenvalue weighted by Gasteiger charge is -2.32. The molecule has 1 unspecified atom stereocenters. The summed E-state index contributed by atoms with van der Waals surface area (Å²) in [6, 6.07) is 4.55. The fourth-order valence-corrected chi connectivity index (χ4v) is 4.46. The van der Waals surface area contributed by atoms with Crippen molar-refractivity contribution >= 4 is 34.7 Å². The lowest BCUT2D eigenvalue weighted by atomic mass is 10.1. The van der Waals surface area contributed by atoms with Gasteiger partial charge in [0.2, 0.25) is 0 Å². The molecule has 2 aromatic carbocycles. The molecule has 0 radical (unpaired) electrons. The number of nitrogens with zero attached hydrogens (tertiary/aromatic N) is 3. The molecule has 0 amide bonds. The third-order valence-corrected chi connectivity index (χ3v) is 6.70. The minimum Gasteiger partial charge on any atom is -0.505 e. The van der Waals surface area contributed by atoms with Crippen LogP contribution in [0.1, 0.15) is 41.5 Å². The summed E-state index contributed by atoms with van der Waals surface area (Å²) in [7, 11) is 0. The lowest BCUT2D eigenvalue weighted by Crippen LogP contribution is -2.44. The number of carbonyl (C=O) groups excluding carboxylic acids is 2. The molecular weight excluding hydrogens is 594 g/mol. The van der Waals surface area contributed by atoms with E-state index in [4.69, 9.17) is 18.9 Å². The summed E-state index contributed by atoms with van der Waals surface area (Å²) >= 11 is 0. The quantitative estimate of drug-likeness (QED) is 0.0794. The third-order valence-electron chi connectivity index (χ3n) is 6.70. The van der Waals surface area contributed by atoms with E-state index in [0.29, 0.717) is 26.3 Å². The fourth-order valence-electron chi connectivity index (χ4n) is 4.46. The van der Waals surface area contributed by atoms with E-state index in [1.807, 2.05) is 6.92 Å². The molecule has 244 valence electrons. The number of benzene rings is 2. The Morgan fingerprint density at radius 2 is 1.44 bits per heavy atom. The number of esters is 2. The molecule has 16 heteroatoms. The maximum absolute atomic E-state index is 12.4. The van der Waals surface area contributed by atoms with Crippen LogP contribution in [0.2, 0.25) is 0 Å². The van der Waals surface area contributed by atoms with Gasteiger partial charge in [0.25, 0.3) is 11.4 Å². The topological polar surface area (TPSA) is 205 Å². The molecule has 1 aliphatic heterocycles. The maximum atomic E-state index is 12.4. The molecule has 1 aliphatic rings. The number of hydrogen-bond acceptors (Lipinski definition) is 14. The molecule has 0 aliphatic carbocycles. The molecule has 1 fully saturated rings. The van der Waals surface area contributed by atoms with Gasteiger partial charge in [0.05, 0.1) is 47.4 Å². The fraction of sp³-hybridized carbons (Fsp3) is 0.448. The van der Waals surface area contributed by atoms with Crippen LogP contribution in [0.15, 0.2) is 36.4 Å². The molecule has 0 bridgehead atoms. The van der Waals surface area contributed by atoms with E-state index >= 15 is 0 Å². The van der Waals surface area contributed by atoms with Crippen LogP contribution in [0.4, 0.5) is 22.7 Å². The van der Waals surface area contributed by atoms with Gasteiger partial charge in [-0.25, -0.2) is 9.59 Å². The Morgan fingerprint density at radius 3 is 1.98 bits per heavy atom. The standard InChI is InChI=1S/C29H37N5O11/c1-4-43-28(36)20-14-22(33(38)39)26(24(35)16-20)30-8-6-7-9-31-27-23(34(40)41)15-21(29(37)44-5-2)17-25(27)45-18-19(3)32-10-12-42-13-11-32/h6-7,14-17,19,30-31,35H,4-5,8-13,18H2,1-3H3/b7-6+. The number of morpholine rings is 1. The van der Waals surface area contributed by atoms with Gasteiger partial charge >= 0.3 is 11.9 Å². The van der Waals surface area contributed by atoms with E-state index < -0.39 is 33.2 Å². The van der Waals surface area contributed by atoms with Crippen molar-refractivity contribution in [3.05, 3.63) is 67.8 Å². The Hall–Kier alpha value is -4.96. The number of rotatable bonds is 16. The van der Waals surface area contributed by atoms with Gasteiger partial charge in [-0.15, -0.1) is 0 Å². The molecule has 0 spiro atoms. The highest BCUT2D eigenvalue weighted by atomic mass is 16.6. The van der Waals surface area contributed by atoms with Crippen LogP contribution in [0.25, 0.3) is 0 Å². The Balaban J connectivity index is 1.75. The molecule has 3 rings (SSSR count). The van der Waals surface area contributed by atoms with Crippen molar-refractivity contribution in [2.75, 3.05) is 69.8 Å². The summed E-state index contributed by atoms with van der Waals surface area (Å²) in [4.78, 5) is 48.8. The smallest absolute Gasteiger partial charge is 0.338 e. The number of carbonyl (C=O) groups is 2. The second kappa shape index (κ2) is 16.8. The first-order valence-electron chi connectivity index (χ1n) is 14.3. The van der Waals surface area contributed by atoms with E-state index in [9.17, 15) is 34.9 Å². The van der Waals surface area contributed by atoms with Crippen LogP contribution in [0, 0.1) is 20.2 Å². The number of hydrogen-bond donors (Lipinski definition) is 3. The Labute approximate surface area is 259 Å². The van der Waals surface area contributed by atoms with Crippen LogP contribution >= 0.6 is 0 Å². The van der Waals surface area contributed by atoms with E-state index in [1.165, 1.54) is 6.07 Å². The van der Waals surface area contributed by atoms with Gasteiger partial charge < -0.3 is 34.7 Å². The first-order valence-corrected chi connectivity index (χ1v) is 14.3. The predicted octanol–water partition coefficient (Wildman–Crippen LogP) is 3.74. The van der Waals surface area contributed by atoms with Gasteiger partial charge in [-0.1, -0.05) is 12.2 Å². The Morgan fingerprint density at radius 1 is 0.933 bits per heavy atom. The van der Waals surface area contributed by atoms with Crippen LogP contribution in [-0.2, 0) is 14.2 Å². The van der Waals surface area contributed by atoms with Crippen molar-refractivity contribution in [2.45, 2.75) is 26.8 Å². The second-order valence-corrected chi connectivity index (χ2v) is 9.75. The van der Waals surface area contributed by atoms with Crippen molar-refractivity contribution in [3.63, 3.8) is 0 Å². The summed E-state index contributed by atoms with van der Waals surface area (Å²) < 4.78 is 21.3. The second-order valence-electron chi connectivity index (χ2n) is 9.75. The molecule has 3 N–H and O–H groups in total. The van der Waals surface area contributed by atoms with Crippen LogP contribution in [0.3, 0.4) is 0 Å². The third kappa shape index (κ3) is 9.51. The van der Waals surface area contributed by atoms with Gasteiger partial charge in [-0.05, 0) is 32.9 Å². The van der Waals surface area contributed by atoms with E-state index in [-0.39, 0.29) is 72.9 Å². The summed E-state index contributed by atoms with van der Waals surface area (Å²) in [6.45, 7) is 8.23. The number of phenolic OH excluding ortho intramolecular Hbond substituents is 1. The molecule has 45 heavy (non-hydrogen) atoms. The number of aromatic hydroxyl groups is 1. The average Bonchev–Trinajstić information content (AvgIpc) is 3.02. The first-order chi connectivity index (χ1) is 21.6. The molecule has 1 heterocycles. The molecule has 1 atom stereocenters. The molecule has 0 aromatic heterocycles. The highest BCUT2D eigenvalue weighted by Gasteiger charge is 2.26. The van der Waals surface area contributed by atoms with Crippen molar-refractivity contribution < 1.29 is 43.5 Å². The predicted molar refractivity (Wildman–Crippen MR) is 163 cm³/mol. The summed E-state index contributed by atoms with van der Waals surface area (Å²) in [6.07, 6.45) is 3.18. The monoisotopic (exact) mass is 631 g/mol. The molecule has 16 nitrogen and oxygen atoms in total. The summed E-state index contributed by atoms with van der Waals surface area (Å²) in [5.74, 6) is -1.95. The van der Waals surface area contributed by atoms with Crippen LogP contribution in [0.5, 0.6) is 11.5 Å². The van der Waals surface area contributed by atoms with Gasteiger partial charge in [0, 0.05) is 44.4 Å². The number of nitro benzene ring substituents is 2. The zero-order valence-electron chi connectivity index (χ0n) is 25.3. The Kier molecular flexibility index (Phi) is 12.9. The van der Waals surface area contributed by atoms with Crippen molar-refractivity contribution in [1.29, 1.82) is 0 Å². The highest BCUT2D eigenvalue weighted by Crippen LogP contribution is 2.37. The van der Waals surface area contributed by atoms with Crippen molar-refractivity contribution in [1.82, 2.24) is 4.90 Å². The zero-order chi connectivity index (χ0) is 32.9. The number of phenols is 1.